The molecule has 4 aliphatic rings. The van der Waals surface area contributed by atoms with Crippen molar-refractivity contribution in [3.63, 3.8) is 0 Å². The highest BCUT2D eigenvalue weighted by molar-refractivity contribution is 6.23. The van der Waals surface area contributed by atoms with Crippen LogP contribution >= 0.6 is 0 Å². The lowest BCUT2D eigenvalue weighted by atomic mass is 9.71. The number of imide groups is 1. The molecule has 0 aromatic heterocycles. The first-order chi connectivity index (χ1) is 14.0. The van der Waals surface area contributed by atoms with Crippen LogP contribution in [0, 0.1) is 31.6 Å². The number of carbonyl (C=O) groups is 2. The first-order valence-corrected chi connectivity index (χ1v) is 9.95. The second kappa shape index (κ2) is 5.76. The highest BCUT2D eigenvalue weighted by atomic mass is 16.7. The summed E-state index contributed by atoms with van der Waals surface area (Å²) in [7, 11) is 0. The Hall–Kier alpha value is -2.99. The van der Waals surface area contributed by atoms with Gasteiger partial charge in [-0.15, -0.1) is 0 Å². The third-order valence-electron chi connectivity index (χ3n) is 6.68. The summed E-state index contributed by atoms with van der Waals surface area (Å²) in [5.41, 5.74) is 4.66. The molecule has 4 aliphatic heterocycles. The van der Waals surface area contributed by atoms with Gasteiger partial charge in [0.25, 0.3) is 0 Å². The first kappa shape index (κ1) is 16.9. The number of fused-ring (bicyclic) bond motifs is 8. The van der Waals surface area contributed by atoms with Crippen LogP contribution < -0.4 is 4.90 Å². The van der Waals surface area contributed by atoms with Crippen molar-refractivity contribution in [1.82, 2.24) is 0 Å². The van der Waals surface area contributed by atoms with Crippen molar-refractivity contribution >= 4 is 23.2 Å². The minimum atomic E-state index is -0.498. The van der Waals surface area contributed by atoms with Crippen LogP contribution in [0.4, 0.5) is 5.69 Å². The number of benzene rings is 2. The molecule has 6 rings (SSSR count). The maximum Gasteiger partial charge on any atom is 0.240 e. The fourth-order valence-electron chi connectivity index (χ4n) is 5.27. The van der Waals surface area contributed by atoms with Crippen LogP contribution in [-0.4, -0.2) is 35.8 Å². The predicted octanol–water partition coefficient (Wildman–Crippen LogP) is 2.61. The zero-order valence-electron chi connectivity index (χ0n) is 16.1. The molecule has 3 fully saturated rings. The highest BCUT2D eigenvalue weighted by Gasteiger charge is 2.72. The second-order valence-corrected chi connectivity index (χ2v) is 8.40. The Kier molecular flexibility index (Phi) is 3.36. The van der Waals surface area contributed by atoms with E-state index in [1.54, 1.807) is 0 Å². The molecule has 0 saturated carbocycles. The number of hydrogen-bond donors (Lipinski definition) is 0. The van der Waals surface area contributed by atoms with Gasteiger partial charge in [0.2, 0.25) is 11.8 Å². The number of ether oxygens (including phenoxy) is 1. The van der Waals surface area contributed by atoms with Gasteiger partial charge in [-0.3, -0.25) is 9.59 Å². The smallest absolute Gasteiger partial charge is 0.240 e. The minimum Gasteiger partial charge on any atom is -0.389 e. The van der Waals surface area contributed by atoms with E-state index in [0.29, 0.717) is 5.69 Å². The minimum absolute atomic E-state index is 0.126. The van der Waals surface area contributed by atoms with E-state index in [1.165, 1.54) is 10.5 Å². The topological polar surface area (TPSA) is 68.2 Å². The van der Waals surface area contributed by atoms with Gasteiger partial charge in [-0.25, -0.2) is 4.90 Å². The lowest BCUT2D eigenvalue weighted by molar-refractivity contribution is -0.125. The molecule has 29 heavy (non-hydrogen) atoms. The number of rotatable bonds is 2. The van der Waals surface area contributed by atoms with Gasteiger partial charge in [0.15, 0.2) is 6.10 Å². The van der Waals surface area contributed by atoms with E-state index in [2.05, 4.69) is 5.16 Å². The molecule has 0 N–H and O–H groups in total. The molecule has 0 aliphatic carbocycles. The van der Waals surface area contributed by atoms with Gasteiger partial charge in [-0.2, -0.15) is 0 Å². The molecule has 2 bridgehead atoms. The molecule has 2 aromatic carbocycles. The van der Waals surface area contributed by atoms with Crippen molar-refractivity contribution < 1.29 is 19.2 Å². The fourth-order valence-corrected chi connectivity index (χ4v) is 5.27. The molecule has 6 nitrogen and oxygen atoms in total. The molecule has 0 radical (unpaired) electrons. The number of aryl methyl sites for hydroxylation is 2. The van der Waals surface area contributed by atoms with Gasteiger partial charge < -0.3 is 9.57 Å². The van der Waals surface area contributed by atoms with E-state index >= 15 is 0 Å². The molecule has 2 aromatic rings. The van der Waals surface area contributed by atoms with Crippen LogP contribution in [0.1, 0.15) is 16.7 Å². The molecular formula is C23H20N2O4. The van der Waals surface area contributed by atoms with E-state index in [-0.39, 0.29) is 29.9 Å². The molecule has 0 spiro atoms. The zero-order chi connectivity index (χ0) is 19.9. The lowest BCUT2D eigenvalue weighted by Gasteiger charge is -2.26. The van der Waals surface area contributed by atoms with Crippen LogP contribution in [0.5, 0.6) is 0 Å². The van der Waals surface area contributed by atoms with Crippen molar-refractivity contribution in [3.8, 4) is 0 Å². The third-order valence-corrected chi connectivity index (χ3v) is 6.68. The van der Waals surface area contributed by atoms with Crippen LogP contribution in [0.15, 0.2) is 53.7 Å². The predicted molar refractivity (Wildman–Crippen MR) is 105 cm³/mol. The van der Waals surface area contributed by atoms with Crippen LogP contribution in [0.3, 0.4) is 0 Å². The summed E-state index contributed by atoms with van der Waals surface area (Å²) in [6, 6.07) is 15.6. The van der Waals surface area contributed by atoms with E-state index < -0.39 is 17.9 Å². The number of amides is 2. The first-order valence-electron chi connectivity index (χ1n) is 9.95. The Morgan fingerprint density at radius 2 is 1.34 bits per heavy atom. The lowest BCUT2D eigenvalue weighted by Crippen LogP contribution is -2.45. The average Bonchev–Trinajstić information content (AvgIpc) is 3.44. The Bertz CT molecular complexity index is 1060. The molecule has 2 amide bonds. The monoisotopic (exact) mass is 388 g/mol. The van der Waals surface area contributed by atoms with E-state index in [9.17, 15) is 9.59 Å². The molecular weight excluding hydrogens is 368 g/mol. The van der Waals surface area contributed by atoms with E-state index in [1.807, 2.05) is 62.4 Å². The molecule has 6 unspecified atom stereocenters. The fraction of sp³-hybridized carbons (Fsp3) is 0.348. The van der Waals surface area contributed by atoms with Crippen molar-refractivity contribution in [1.29, 1.82) is 0 Å². The quantitative estimate of drug-likeness (QED) is 0.742. The van der Waals surface area contributed by atoms with Crippen molar-refractivity contribution in [2.45, 2.75) is 32.2 Å². The van der Waals surface area contributed by atoms with Crippen LogP contribution in [-0.2, 0) is 19.2 Å². The SMILES string of the molecule is Cc1ccc(C2=NOC3C4OC(C23)C2C(=O)N(c3ccc(C)cc3)C(=O)C42)cc1. The molecule has 4 heterocycles. The average molecular weight is 388 g/mol. The van der Waals surface area contributed by atoms with Gasteiger partial charge >= 0.3 is 0 Å². The maximum absolute atomic E-state index is 13.3. The largest absolute Gasteiger partial charge is 0.389 e. The Morgan fingerprint density at radius 3 is 2.00 bits per heavy atom. The van der Waals surface area contributed by atoms with E-state index in [4.69, 9.17) is 9.57 Å². The van der Waals surface area contributed by atoms with Crippen molar-refractivity contribution in [2.75, 3.05) is 4.90 Å². The van der Waals surface area contributed by atoms with Gasteiger partial charge in [0, 0.05) is 0 Å². The van der Waals surface area contributed by atoms with Gasteiger partial charge in [-0.1, -0.05) is 52.7 Å². The molecule has 6 heteroatoms. The van der Waals surface area contributed by atoms with E-state index in [0.717, 1.165) is 16.8 Å². The summed E-state index contributed by atoms with van der Waals surface area (Å²) in [5, 5.41) is 4.33. The van der Waals surface area contributed by atoms with Gasteiger partial charge in [0.1, 0.15) is 6.10 Å². The number of carbonyl (C=O) groups excluding carboxylic acids is 2. The summed E-state index contributed by atoms with van der Waals surface area (Å²) in [6.07, 6.45) is -1.13. The van der Waals surface area contributed by atoms with Crippen molar-refractivity contribution in [3.05, 3.63) is 65.2 Å². The second-order valence-electron chi connectivity index (χ2n) is 8.40. The normalized spacial score (nSPS) is 34.3. The molecule has 146 valence electrons. The van der Waals surface area contributed by atoms with Crippen LogP contribution in [0.25, 0.3) is 0 Å². The van der Waals surface area contributed by atoms with Gasteiger partial charge in [-0.05, 0) is 31.5 Å². The Morgan fingerprint density at radius 1 is 0.759 bits per heavy atom. The van der Waals surface area contributed by atoms with Gasteiger partial charge in [0.05, 0.1) is 35.3 Å². The molecule has 6 atom stereocenters. The van der Waals surface area contributed by atoms with Crippen molar-refractivity contribution in [2.24, 2.45) is 22.9 Å². The maximum atomic E-state index is 13.3. The summed E-state index contributed by atoms with van der Waals surface area (Å²) in [6.45, 7) is 4.01. The number of hydrogen-bond acceptors (Lipinski definition) is 5. The number of oxime groups is 1. The number of anilines is 1. The Balaban J connectivity index is 1.35. The highest BCUT2D eigenvalue weighted by Crippen LogP contribution is 2.55. The molecule has 3 saturated heterocycles. The zero-order valence-corrected chi connectivity index (χ0v) is 16.1. The standard InChI is InChI=1S/C23H20N2O4/c1-11-3-7-13(8-4-11)18-17-19-15-16(20(28-19)21(17)29-24-18)23(27)25(22(15)26)14-9-5-12(2)6-10-14/h3-10,15-17,19-21H,1-2H3. The summed E-state index contributed by atoms with van der Waals surface area (Å²) in [5.74, 6) is -1.47. The van der Waals surface area contributed by atoms with Crippen LogP contribution in [0.2, 0.25) is 0 Å². The third kappa shape index (κ3) is 2.18. The summed E-state index contributed by atoms with van der Waals surface area (Å²) < 4.78 is 6.15. The summed E-state index contributed by atoms with van der Waals surface area (Å²) >= 11 is 0. The number of nitrogens with zero attached hydrogens (tertiary/aromatic N) is 2. The summed E-state index contributed by atoms with van der Waals surface area (Å²) in [4.78, 5) is 33.5. The Labute approximate surface area is 168 Å².